The molecule has 1 aromatic rings. The summed E-state index contributed by atoms with van der Waals surface area (Å²) in [5.41, 5.74) is 1.11. The number of phenolic OH excluding ortho intramolecular Hbond substituents is 1. The first-order valence-electron chi connectivity index (χ1n) is 6.00. The highest BCUT2D eigenvalue weighted by atomic mass is 16.5. The molecule has 0 aliphatic heterocycles. The van der Waals surface area contributed by atoms with E-state index in [1.54, 1.807) is 12.1 Å². The van der Waals surface area contributed by atoms with Crippen LogP contribution in [0.4, 0.5) is 0 Å². The van der Waals surface area contributed by atoms with Crippen molar-refractivity contribution < 1.29 is 14.6 Å². The largest absolute Gasteiger partial charge is 0.508 e. The third-order valence-electron chi connectivity index (χ3n) is 3.52. The van der Waals surface area contributed by atoms with Crippen LogP contribution in [0.1, 0.15) is 31.2 Å². The molecule has 2 atom stereocenters. The van der Waals surface area contributed by atoms with Gasteiger partial charge in [0.15, 0.2) is 0 Å². The van der Waals surface area contributed by atoms with Crippen LogP contribution in [0, 0.1) is 11.8 Å². The van der Waals surface area contributed by atoms with Gasteiger partial charge in [-0.3, -0.25) is 4.79 Å². The number of hydrogen-bond acceptors (Lipinski definition) is 3. The highest BCUT2D eigenvalue weighted by Gasteiger charge is 2.38. The zero-order valence-electron chi connectivity index (χ0n) is 10.2. The van der Waals surface area contributed by atoms with Gasteiger partial charge in [-0.05, 0) is 42.4 Å². The molecular weight excluding hydrogens is 216 g/mol. The van der Waals surface area contributed by atoms with Gasteiger partial charge in [0.25, 0.3) is 0 Å². The lowest BCUT2D eigenvalue weighted by molar-refractivity contribution is -0.145. The van der Waals surface area contributed by atoms with Crippen LogP contribution in [0.2, 0.25) is 0 Å². The monoisotopic (exact) mass is 234 g/mol. The Morgan fingerprint density at radius 3 is 2.41 bits per heavy atom. The Balaban J connectivity index is 2.22. The second kappa shape index (κ2) is 4.78. The minimum absolute atomic E-state index is 0.128. The molecule has 0 heterocycles. The number of methoxy groups -OCH3 is 1. The van der Waals surface area contributed by atoms with Crippen molar-refractivity contribution in [3.63, 3.8) is 0 Å². The molecule has 1 saturated carbocycles. The summed E-state index contributed by atoms with van der Waals surface area (Å²) in [6.45, 7) is 1.92. The molecule has 0 unspecified atom stereocenters. The molecule has 1 fully saturated rings. The van der Waals surface area contributed by atoms with E-state index in [2.05, 4.69) is 0 Å². The Morgan fingerprint density at radius 2 is 1.94 bits per heavy atom. The highest BCUT2D eigenvalue weighted by Crippen LogP contribution is 2.47. The molecule has 0 bridgehead atoms. The second-order valence-electron chi connectivity index (χ2n) is 4.77. The zero-order chi connectivity index (χ0) is 12.4. The molecule has 0 amide bonds. The fourth-order valence-electron chi connectivity index (χ4n) is 2.45. The predicted molar refractivity (Wildman–Crippen MR) is 64.8 cm³/mol. The quantitative estimate of drug-likeness (QED) is 0.815. The third-order valence-corrected chi connectivity index (χ3v) is 3.52. The van der Waals surface area contributed by atoms with Crippen LogP contribution in [0.5, 0.6) is 5.75 Å². The van der Waals surface area contributed by atoms with Gasteiger partial charge in [0.1, 0.15) is 5.75 Å². The molecule has 17 heavy (non-hydrogen) atoms. The molecule has 1 aromatic carbocycles. The highest BCUT2D eigenvalue weighted by molar-refractivity contribution is 5.73. The lowest BCUT2D eigenvalue weighted by Gasteiger charge is -2.22. The van der Waals surface area contributed by atoms with Crippen molar-refractivity contribution >= 4 is 5.97 Å². The predicted octanol–water partition coefficient (Wildman–Crippen LogP) is 2.69. The Hall–Kier alpha value is -1.51. The zero-order valence-corrected chi connectivity index (χ0v) is 10.2. The van der Waals surface area contributed by atoms with Crippen LogP contribution in [0.3, 0.4) is 0 Å². The fraction of sp³-hybridized carbons (Fsp3) is 0.500. The number of ether oxygens (including phenoxy) is 1. The minimum Gasteiger partial charge on any atom is -0.508 e. The Morgan fingerprint density at radius 1 is 1.35 bits per heavy atom. The molecule has 0 spiro atoms. The standard InChI is InChI=1S/C14H18O3/c1-9(14(16)17-2)13(10-3-4-10)11-5-7-12(15)8-6-11/h5-10,13,15H,3-4H2,1-2H3/t9-,13-/m1/s1. The van der Waals surface area contributed by atoms with E-state index in [-0.39, 0.29) is 23.6 Å². The van der Waals surface area contributed by atoms with Gasteiger partial charge in [0.2, 0.25) is 0 Å². The fourth-order valence-corrected chi connectivity index (χ4v) is 2.45. The Bertz CT molecular complexity index is 392. The molecule has 1 N–H and O–H groups in total. The van der Waals surface area contributed by atoms with E-state index >= 15 is 0 Å². The van der Waals surface area contributed by atoms with Gasteiger partial charge < -0.3 is 9.84 Å². The SMILES string of the molecule is COC(=O)[C@H](C)[C@@H](c1ccc(O)cc1)C1CC1. The molecule has 0 saturated heterocycles. The maximum atomic E-state index is 11.7. The summed E-state index contributed by atoms with van der Waals surface area (Å²) in [6.07, 6.45) is 2.35. The van der Waals surface area contributed by atoms with Gasteiger partial charge >= 0.3 is 5.97 Å². The van der Waals surface area contributed by atoms with Crippen molar-refractivity contribution in [1.29, 1.82) is 0 Å². The Labute approximate surface area is 101 Å². The van der Waals surface area contributed by atoms with E-state index in [4.69, 9.17) is 4.74 Å². The summed E-state index contributed by atoms with van der Waals surface area (Å²) in [5, 5.41) is 9.30. The molecule has 2 rings (SSSR count). The molecular formula is C14H18O3. The number of phenols is 1. The molecule has 0 radical (unpaired) electrons. The summed E-state index contributed by atoms with van der Waals surface area (Å²) in [6, 6.07) is 7.15. The van der Waals surface area contributed by atoms with Gasteiger partial charge in [-0.1, -0.05) is 19.1 Å². The topological polar surface area (TPSA) is 46.5 Å². The van der Waals surface area contributed by atoms with Crippen molar-refractivity contribution in [2.24, 2.45) is 11.8 Å². The molecule has 92 valence electrons. The number of hydrogen-bond donors (Lipinski definition) is 1. The second-order valence-corrected chi connectivity index (χ2v) is 4.77. The van der Waals surface area contributed by atoms with Gasteiger partial charge in [-0.25, -0.2) is 0 Å². The van der Waals surface area contributed by atoms with E-state index in [0.717, 1.165) is 5.56 Å². The molecule has 3 heteroatoms. The number of esters is 1. The van der Waals surface area contributed by atoms with Crippen LogP contribution in [-0.2, 0) is 9.53 Å². The van der Waals surface area contributed by atoms with Crippen molar-refractivity contribution in [1.82, 2.24) is 0 Å². The summed E-state index contributed by atoms with van der Waals surface area (Å²) < 4.78 is 4.83. The molecule has 3 nitrogen and oxygen atoms in total. The first kappa shape index (κ1) is 12.0. The Kier molecular flexibility index (Phi) is 3.36. The van der Waals surface area contributed by atoms with Crippen molar-refractivity contribution in [3.8, 4) is 5.75 Å². The summed E-state index contributed by atoms with van der Waals surface area (Å²) in [4.78, 5) is 11.7. The number of rotatable bonds is 4. The van der Waals surface area contributed by atoms with E-state index in [0.29, 0.717) is 5.92 Å². The van der Waals surface area contributed by atoms with Gasteiger partial charge in [0, 0.05) is 0 Å². The maximum Gasteiger partial charge on any atom is 0.309 e. The molecule has 1 aliphatic carbocycles. The average molecular weight is 234 g/mol. The van der Waals surface area contributed by atoms with E-state index in [1.165, 1.54) is 20.0 Å². The minimum atomic E-state index is -0.157. The first-order valence-corrected chi connectivity index (χ1v) is 6.00. The molecule has 1 aliphatic rings. The lowest BCUT2D eigenvalue weighted by atomic mass is 9.83. The lowest BCUT2D eigenvalue weighted by Crippen LogP contribution is -2.22. The molecule has 0 aromatic heterocycles. The van der Waals surface area contributed by atoms with Gasteiger partial charge in [-0.15, -0.1) is 0 Å². The average Bonchev–Trinajstić information content (AvgIpc) is 3.15. The summed E-state index contributed by atoms with van der Waals surface area (Å²) >= 11 is 0. The van der Waals surface area contributed by atoms with Crippen LogP contribution in [0.15, 0.2) is 24.3 Å². The normalized spacial score (nSPS) is 18.5. The maximum absolute atomic E-state index is 11.7. The number of aromatic hydroxyl groups is 1. The van der Waals surface area contributed by atoms with Crippen molar-refractivity contribution in [2.45, 2.75) is 25.7 Å². The number of benzene rings is 1. The first-order chi connectivity index (χ1) is 8.13. The number of carbonyl (C=O) groups excluding carboxylic acids is 1. The summed E-state index contributed by atoms with van der Waals surface area (Å²) in [5.74, 6) is 0.762. The van der Waals surface area contributed by atoms with E-state index in [9.17, 15) is 9.90 Å². The van der Waals surface area contributed by atoms with Crippen LogP contribution in [-0.4, -0.2) is 18.2 Å². The van der Waals surface area contributed by atoms with Crippen LogP contribution >= 0.6 is 0 Å². The number of carbonyl (C=O) groups is 1. The van der Waals surface area contributed by atoms with Gasteiger partial charge in [-0.2, -0.15) is 0 Å². The van der Waals surface area contributed by atoms with Gasteiger partial charge in [0.05, 0.1) is 13.0 Å². The van der Waals surface area contributed by atoms with Crippen LogP contribution < -0.4 is 0 Å². The van der Waals surface area contributed by atoms with E-state index in [1.807, 2.05) is 19.1 Å². The van der Waals surface area contributed by atoms with Crippen molar-refractivity contribution in [2.75, 3.05) is 7.11 Å². The van der Waals surface area contributed by atoms with E-state index < -0.39 is 0 Å². The summed E-state index contributed by atoms with van der Waals surface area (Å²) in [7, 11) is 1.43. The smallest absolute Gasteiger partial charge is 0.309 e. The van der Waals surface area contributed by atoms with Crippen LogP contribution in [0.25, 0.3) is 0 Å². The third kappa shape index (κ3) is 2.60. The van der Waals surface area contributed by atoms with Crippen molar-refractivity contribution in [3.05, 3.63) is 29.8 Å².